The van der Waals surface area contributed by atoms with Crippen molar-refractivity contribution in [1.29, 1.82) is 0 Å². The number of carbonyl (C=O) groups excluding carboxylic acids is 1. The predicted molar refractivity (Wildman–Crippen MR) is 67.5 cm³/mol. The average Bonchev–Trinajstić information content (AvgIpc) is 2.42. The molecule has 1 atom stereocenters. The molecule has 1 saturated heterocycles. The second kappa shape index (κ2) is 5.82. The van der Waals surface area contributed by atoms with Crippen LogP contribution in [0.15, 0.2) is 24.3 Å². The van der Waals surface area contributed by atoms with Crippen molar-refractivity contribution in [3.05, 3.63) is 35.9 Å². The molecule has 1 radical (unpaired) electrons. The smallest absolute Gasteiger partial charge is 0.244 e. The molecule has 1 heterocycles. The molecule has 1 aliphatic rings. The van der Waals surface area contributed by atoms with E-state index in [1.807, 2.05) is 36.2 Å². The van der Waals surface area contributed by atoms with E-state index in [-0.39, 0.29) is 11.9 Å². The molecule has 91 valence electrons. The standard InChI is InChI=1S/C14H19N2O/c1-15-13(12-8-4-2-5-9-12)14(17)16-10-6-3-7-11-16/h2,4-5,8,13,15H,3,6-7,10-11H2,1H3. The molecule has 1 unspecified atom stereocenters. The Morgan fingerprint density at radius 1 is 1.35 bits per heavy atom. The van der Waals surface area contributed by atoms with Gasteiger partial charge in [-0.2, -0.15) is 0 Å². The monoisotopic (exact) mass is 231 g/mol. The van der Waals surface area contributed by atoms with Gasteiger partial charge in [0.2, 0.25) is 5.91 Å². The molecule has 1 aromatic rings. The van der Waals surface area contributed by atoms with Gasteiger partial charge in [-0.05, 0) is 37.9 Å². The van der Waals surface area contributed by atoms with E-state index in [9.17, 15) is 4.79 Å². The maximum Gasteiger partial charge on any atom is 0.244 e. The number of nitrogens with one attached hydrogen (secondary N) is 1. The van der Waals surface area contributed by atoms with Crippen LogP contribution in [0.5, 0.6) is 0 Å². The zero-order valence-corrected chi connectivity index (χ0v) is 10.3. The molecule has 1 aliphatic heterocycles. The molecule has 0 bridgehead atoms. The molecule has 17 heavy (non-hydrogen) atoms. The van der Waals surface area contributed by atoms with Crippen molar-refractivity contribution >= 4 is 5.91 Å². The average molecular weight is 231 g/mol. The number of likely N-dealkylation sites (N-methyl/N-ethyl adjacent to an activating group) is 1. The summed E-state index contributed by atoms with van der Waals surface area (Å²) < 4.78 is 0. The minimum atomic E-state index is -0.255. The van der Waals surface area contributed by atoms with E-state index in [0.717, 1.165) is 31.5 Å². The van der Waals surface area contributed by atoms with Crippen molar-refractivity contribution < 1.29 is 4.79 Å². The molecule has 0 saturated carbocycles. The summed E-state index contributed by atoms with van der Waals surface area (Å²) >= 11 is 0. The molecule has 1 N–H and O–H groups in total. The fourth-order valence-electron chi connectivity index (χ4n) is 2.30. The third-order valence-electron chi connectivity index (χ3n) is 3.25. The second-order valence-electron chi connectivity index (χ2n) is 4.43. The Balaban J connectivity index is 2.10. The van der Waals surface area contributed by atoms with Gasteiger partial charge in [0.25, 0.3) is 0 Å². The molecule has 2 rings (SSSR count). The maximum absolute atomic E-state index is 12.4. The van der Waals surface area contributed by atoms with E-state index < -0.39 is 0 Å². The highest BCUT2D eigenvalue weighted by Gasteiger charge is 2.25. The first kappa shape index (κ1) is 12.1. The quantitative estimate of drug-likeness (QED) is 0.859. The Bertz CT molecular complexity index is 358. The van der Waals surface area contributed by atoms with Crippen LogP contribution < -0.4 is 5.32 Å². The molecular formula is C14H19N2O. The summed E-state index contributed by atoms with van der Waals surface area (Å²) in [4.78, 5) is 14.3. The predicted octanol–water partition coefficient (Wildman–Crippen LogP) is 1.76. The Kier molecular flexibility index (Phi) is 4.15. The molecule has 1 amide bonds. The fourth-order valence-corrected chi connectivity index (χ4v) is 2.30. The third-order valence-corrected chi connectivity index (χ3v) is 3.25. The van der Waals surface area contributed by atoms with Crippen LogP contribution in [0.1, 0.15) is 30.9 Å². The third kappa shape index (κ3) is 2.86. The number of rotatable bonds is 3. The molecule has 0 aromatic heterocycles. The van der Waals surface area contributed by atoms with Crippen LogP contribution in [0.2, 0.25) is 0 Å². The zero-order chi connectivity index (χ0) is 12.1. The minimum absolute atomic E-state index is 0.176. The van der Waals surface area contributed by atoms with E-state index in [2.05, 4.69) is 11.4 Å². The SMILES string of the molecule is CNC(C(=O)N1CCCCC1)c1[c]cccc1. The minimum Gasteiger partial charge on any atom is -0.341 e. The summed E-state index contributed by atoms with van der Waals surface area (Å²) in [5.41, 5.74) is 0.922. The summed E-state index contributed by atoms with van der Waals surface area (Å²) in [7, 11) is 1.83. The molecule has 1 aromatic carbocycles. The lowest BCUT2D eigenvalue weighted by Crippen LogP contribution is -2.42. The lowest BCUT2D eigenvalue weighted by molar-refractivity contribution is -0.134. The van der Waals surface area contributed by atoms with Gasteiger partial charge in [0.05, 0.1) is 0 Å². The molecule has 0 spiro atoms. The molecule has 3 heteroatoms. The van der Waals surface area contributed by atoms with Gasteiger partial charge in [-0.25, -0.2) is 0 Å². The van der Waals surface area contributed by atoms with Gasteiger partial charge in [0.1, 0.15) is 6.04 Å². The number of amides is 1. The van der Waals surface area contributed by atoms with Gasteiger partial charge < -0.3 is 10.2 Å². The van der Waals surface area contributed by atoms with Crippen LogP contribution in [-0.4, -0.2) is 30.9 Å². The zero-order valence-electron chi connectivity index (χ0n) is 10.3. The van der Waals surface area contributed by atoms with Crippen molar-refractivity contribution in [2.24, 2.45) is 0 Å². The number of piperidine rings is 1. The highest BCUT2D eigenvalue weighted by atomic mass is 16.2. The fraction of sp³-hybridized carbons (Fsp3) is 0.500. The summed E-state index contributed by atoms with van der Waals surface area (Å²) in [6, 6.07) is 10.5. The Hall–Kier alpha value is -1.35. The van der Waals surface area contributed by atoms with Gasteiger partial charge in [0, 0.05) is 13.1 Å². The van der Waals surface area contributed by atoms with Crippen LogP contribution in [0.25, 0.3) is 0 Å². The lowest BCUT2D eigenvalue weighted by Gasteiger charge is -2.30. The topological polar surface area (TPSA) is 32.3 Å². The first-order valence-corrected chi connectivity index (χ1v) is 6.25. The van der Waals surface area contributed by atoms with Crippen LogP contribution in [-0.2, 0) is 4.79 Å². The summed E-state index contributed by atoms with van der Waals surface area (Å²) in [5.74, 6) is 0.176. The van der Waals surface area contributed by atoms with Gasteiger partial charge in [0.15, 0.2) is 0 Å². The van der Waals surface area contributed by atoms with Crippen LogP contribution in [0.3, 0.4) is 0 Å². The molecule has 0 aliphatic carbocycles. The van der Waals surface area contributed by atoms with Crippen molar-refractivity contribution in [3.63, 3.8) is 0 Å². The van der Waals surface area contributed by atoms with Gasteiger partial charge >= 0.3 is 0 Å². The van der Waals surface area contributed by atoms with E-state index in [0.29, 0.717) is 0 Å². The largest absolute Gasteiger partial charge is 0.341 e. The molecular weight excluding hydrogens is 212 g/mol. The Labute approximate surface area is 103 Å². The van der Waals surface area contributed by atoms with Crippen LogP contribution >= 0.6 is 0 Å². The Morgan fingerprint density at radius 3 is 2.71 bits per heavy atom. The van der Waals surface area contributed by atoms with E-state index >= 15 is 0 Å². The molecule has 1 fully saturated rings. The number of hydrogen-bond donors (Lipinski definition) is 1. The normalized spacial score (nSPS) is 17.8. The second-order valence-corrected chi connectivity index (χ2v) is 4.43. The number of likely N-dealkylation sites (tertiary alicyclic amines) is 1. The van der Waals surface area contributed by atoms with Gasteiger partial charge in [-0.1, -0.05) is 24.3 Å². The van der Waals surface area contributed by atoms with Crippen LogP contribution in [0, 0.1) is 6.07 Å². The number of hydrogen-bond acceptors (Lipinski definition) is 2. The summed E-state index contributed by atoms with van der Waals surface area (Å²) in [5, 5.41) is 3.09. The van der Waals surface area contributed by atoms with Gasteiger partial charge in [-0.3, -0.25) is 4.79 Å². The van der Waals surface area contributed by atoms with E-state index in [1.54, 1.807) is 0 Å². The highest BCUT2D eigenvalue weighted by Crippen LogP contribution is 2.18. The van der Waals surface area contributed by atoms with Crippen molar-refractivity contribution in [2.75, 3.05) is 20.1 Å². The van der Waals surface area contributed by atoms with E-state index in [4.69, 9.17) is 0 Å². The van der Waals surface area contributed by atoms with Crippen molar-refractivity contribution in [3.8, 4) is 0 Å². The molecule has 3 nitrogen and oxygen atoms in total. The Morgan fingerprint density at radius 2 is 2.12 bits per heavy atom. The van der Waals surface area contributed by atoms with Crippen molar-refractivity contribution in [2.45, 2.75) is 25.3 Å². The number of nitrogens with zero attached hydrogens (tertiary/aromatic N) is 1. The van der Waals surface area contributed by atoms with Crippen LogP contribution in [0.4, 0.5) is 0 Å². The first-order chi connectivity index (χ1) is 8.33. The number of carbonyl (C=O) groups is 1. The maximum atomic E-state index is 12.4. The summed E-state index contributed by atoms with van der Waals surface area (Å²) in [6.45, 7) is 1.79. The summed E-state index contributed by atoms with van der Waals surface area (Å²) in [6.07, 6.45) is 3.49. The highest BCUT2D eigenvalue weighted by molar-refractivity contribution is 5.83. The van der Waals surface area contributed by atoms with Gasteiger partial charge in [-0.15, -0.1) is 0 Å². The lowest BCUT2D eigenvalue weighted by atomic mass is 10.0. The van der Waals surface area contributed by atoms with E-state index in [1.165, 1.54) is 6.42 Å². The first-order valence-electron chi connectivity index (χ1n) is 6.25. The number of benzene rings is 1. The van der Waals surface area contributed by atoms with Crippen molar-refractivity contribution in [1.82, 2.24) is 10.2 Å².